The number of anilines is 1. The molecule has 0 aliphatic carbocycles. The van der Waals surface area contributed by atoms with E-state index in [4.69, 9.17) is 5.73 Å². The van der Waals surface area contributed by atoms with E-state index in [1.165, 1.54) is 18.4 Å². The van der Waals surface area contributed by atoms with Gasteiger partial charge in [-0.3, -0.25) is 0 Å². The molecule has 0 aliphatic rings. The minimum atomic E-state index is 0.349. The fourth-order valence-corrected chi connectivity index (χ4v) is 1.98. The third-order valence-electron chi connectivity index (χ3n) is 2.95. The summed E-state index contributed by atoms with van der Waals surface area (Å²) in [5.74, 6) is 0.667. The van der Waals surface area contributed by atoms with Gasteiger partial charge < -0.3 is 11.1 Å². The summed E-state index contributed by atoms with van der Waals surface area (Å²) in [6.07, 6.45) is 6.53. The first-order chi connectivity index (χ1) is 8.19. The average molecular weight is 235 g/mol. The lowest BCUT2D eigenvalue weighted by Gasteiger charge is -2.20. The molecule has 3 nitrogen and oxygen atoms in total. The number of nitrogens with two attached hydrogens (primary N) is 1. The SMILES string of the molecule is CCCCC(NCCC)c1cc(C)cnc1N. The van der Waals surface area contributed by atoms with Gasteiger partial charge in [0.2, 0.25) is 0 Å². The predicted molar refractivity (Wildman–Crippen MR) is 73.9 cm³/mol. The molecule has 96 valence electrons. The monoisotopic (exact) mass is 235 g/mol. The molecule has 0 spiro atoms. The van der Waals surface area contributed by atoms with Gasteiger partial charge in [0.25, 0.3) is 0 Å². The molecule has 1 aromatic heterocycles. The normalized spacial score (nSPS) is 12.6. The Bertz CT molecular complexity index is 328. The Labute approximate surface area is 105 Å². The topological polar surface area (TPSA) is 50.9 Å². The summed E-state index contributed by atoms with van der Waals surface area (Å²) in [5.41, 5.74) is 8.32. The first-order valence-electron chi connectivity index (χ1n) is 6.64. The molecule has 3 N–H and O–H groups in total. The van der Waals surface area contributed by atoms with E-state index in [9.17, 15) is 0 Å². The molecule has 0 aromatic carbocycles. The van der Waals surface area contributed by atoms with E-state index in [0.717, 1.165) is 24.9 Å². The molecular formula is C14H25N3. The molecule has 0 amide bonds. The van der Waals surface area contributed by atoms with Gasteiger partial charge >= 0.3 is 0 Å². The number of unbranched alkanes of at least 4 members (excludes halogenated alkanes) is 1. The highest BCUT2D eigenvalue weighted by Gasteiger charge is 2.14. The summed E-state index contributed by atoms with van der Waals surface area (Å²) >= 11 is 0. The van der Waals surface area contributed by atoms with Gasteiger partial charge in [0, 0.05) is 17.8 Å². The third-order valence-corrected chi connectivity index (χ3v) is 2.95. The van der Waals surface area contributed by atoms with Crippen molar-refractivity contribution in [1.82, 2.24) is 10.3 Å². The molecule has 1 rings (SSSR count). The maximum Gasteiger partial charge on any atom is 0.128 e. The zero-order chi connectivity index (χ0) is 12.7. The van der Waals surface area contributed by atoms with Crippen molar-refractivity contribution in [2.24, 2.45) is 0 Å². The summed E-state index contributed by atoms with van der Waals surface area (Å²) in [4.78, 5) is 4.25. The Morgan fingerprint density at radius 2 is 2.12 bits per heavy atom. The second kappa shape index (κ2) is 7.28. The first-order valence-corrected chi connectivity index (χ1v) is 6.64. The lowest BCUT2D eigenvalue weighted by Crippen LogP contribution is -2.23. The minimum Gasteiger partial charge on any atom is -0.383 e. The molecule has 1 atom stereocenters. The molecule has 0 saturated heterocycles. The third kappa shape index (κ3) is 4.35. The van der Waals surface area contributed by atoms with Gasteiger partial charge in [-0.15, -0.1) is 0 Å². The number of aromatic nitrogens is 1. The van der Waals surface area contributed by atoms with E-state index < -0.39 is 0 Å². The Hall–Kier alpha value is -1.09. The van der Waals surface area contributed by atoms with Crippen LogP contribution in [-0.2, 0) is 0 Å². The highest BCUT2D eigenvalue weighted by Crippen LogP contribution is 2.24. The number of nitrogen functional groups attached to an aromatic ring is 1. The highest BCUT2D eigenvalue weighted by atomic mass is 14.9. The maximum absolute atomic E-state index is 5.98. The van der Waals surface area contributed by atoms with Crippen molar-refractivity contribution in [3.63, 3.8) is 0 Å². The summed E-state index contributed by atoms with van der Waals surface area (Å²) in [6.45, 7) is 7.49. The second-order valence-corrected chi connectivity index (χ2v) is 4.64. The van der Waals surface area contributed by atoms with Gasteiger partial charge in [-0.2, -0.15) is 0 Å². The van der Waals surface area contributed by atoms with Crippen LogP contribution in [0.1, 0.15) is 56.7 Å². The van der Waals surface area contributed by atoms with Crippen molar-refractivity contribution >= 4 is 5.82 Å². The molecule has 0 aliphatic heterocycles. The molecule has 0 bridgehead atoms. The van der Waals surface area contributed by atoms with E-state index in [1.807, 2.05) is 6.20 Å². The van der Waals surface area contributed by atoms with Crippen molar-refractivity contribution < 1.29 is 0 Å². The van der Waals surface area contributed by atoms with Crippen LogP contribution in [0.25, 0.3) is 0 Å². The van der Waals surface area contributed by atoms with Gasteiger partial charge in [0.1, 0.15) is 5.82 Å². The van der Waals surface area contributed by atoms with E-state index in [0.29, 0.717) is 11.9 Å². The number of nitrogens with zero attached hydrogens (tertiary/aromatic N) is 1. The Balaban J connectivity index is 2.82. The van der Waals surface area contributed by atoms with Crippen molar-refractivity contribution in [2.45, 2.75) is 52.5 Å². The van der Waals surface area contributed by atoms with E-state index in [2.05, 4.69) is 37.1 Å². The first kappa shape index (κ1) is 14.0. The molecule has 0 radical (unpaired) electrons. The van der Waals surface area contributed by atoms with E-state index >= 15 is 0 Å². The van der Waals surface area contributed by atoms with E-state index in [1.54, 1.807) is 0 Å². The van der Waals surface area contributed by atoms with E-state index in [-0.39, 0.29) is 0 Å². The molecule has 0 saturated carbocycles. The van der Waals surface area contributed by atoms with Crippen LogP contribution >= 0.6 is 0 Å². The van der Waals surface area contributed by atoms with Crippen molar-refractivity contribution in [1.29, 1.82) is 0 Å². The number of rotatable bonds is 7. The molecule has 1 aromatic rings. The van der Waals surface area contributed by atoms with Gasteiger partial charge in [-0.05, 0) is 37.9 Å². The van der Waals surface area contributed by atoms with Crippen molar-refractivity contribution in [3.8, 4) is 0 Å². The maximum atomic E-state index is 5.98. The Morgan fingerprint density at radius 1 is 1.35 bits per heavy atom. The standard InChI is InChI=1S/C14H25N3/c1-4-6-7-13(16-8-5-2)12-9-11(3)10-17-14(12)15/h9-10,13,16H,4-8H2,1-3H3,(H2,15,17). The number of nitrogens with one attached hydrogen (secondary N) is 1. The zero-order valence-corrected chi connectivity index (χ0v) is 11.3. The Morgan fingerprint density at radius 3 is 2.76 bits per heavy atom. The average Bonchev–Trinajstić information content (AvgIpc) is 2.33. The van der Waals surface area contributed by atoms with Crippen LogP contribution in [0.15, 0.2) is 12.3 Å². The summed E-state index contributed by atoms with van der Waals surface area (Å²) < 4.78 is 0. The largest absolute Gasteiger partial charge is 0.383 e. The van der Waals surface area contributed by atoms with Crippen LogP contribution in [-0.4, -0.2) is 11.5 Å². The summed E-state index contributed by atoms with van der Waals surface area (Å²) in [6, 6.07) is 2.51. The van der Waals surface area contributed by atoms with Gasteiger partial charge in [0.05, 0.1) is 0 Å². The summed E-state index contributed by atoms with van der Waals surface area (Å²) in [7, 11) is 0. The van der Waals surface area contributed by atoms with Crippen LogP contribution in [0.5, 0.6) is 0 Å². The highest BCUT2D eigenvalue weighted by molar-refractivity contribution is 5.42. The molecule has 0 fully saturated rings. The smallest absolute Gasteiger partial charge is 0.128 e. The van der Waals surface area contributed by atoms with Crippen molar-refractivity contribution in [3.05, 3.63) is 23.4 Å². The van der Waals surface area contributed by atoms with Gasteiger partial charge in [-0.25, -0.2) is 4.98 Å². The molecule has 1 unspecified atom stereocenters. The predicted octanol–water partition coefficient (Wildman–Crippen LogP) is 3.20. The van der Waals surface area contributed by atoms with Gasteiger partial charge in [0.15, 0.2) is 0 Å². The molecular weight excluding hydrogens is 210 g/mol. The fraction of sp³-hybridized carbons (Fsp3) is 0.643. The van der Waals surface area contributed by atoms with Crippen LogP contribution in [0.4, 0.5) is 5.82 Å². The van der Waals surface area contributed by atoms with Crippen molar-refractivity contribution in [2.75, 3.05) is 12.3 Å². The lowest BCUT2D eigenvalue weighted by atomic mass is 10.0. The van der Waals surface area contributed by atoms with Gasteiger partial charge in [-0.1, -0.05) is 26.7 Å². The fourth-order valence-electron chi connectivity index (χ4n) is 1.98. The van der Waals surface area contributed by atoms with Crippen LogP contribution in [0.3, 0.4) is 0 Å². The number of hydrogen-bond acceptors (Lipinski definition) is 3. The number of pyridine rings is 1. The Kier molecular flexibility index (Phi) is 5.98. The number of aryl methyl sites for hydroxylation is 1. The van der Waals surface area contributed by atoms with Crippen LogP contribution < -0.4 is 11.1 Å². The zero-order valence-electron chi connectivity index (χ0n) is 11.3. The minimum absolute atomic E-state index is 0.349. The number of hydrogen-bond donors (Lipinski definition) is 2. The summed E-state index contributed by atoms with van der Waals surface area (Å²) in [5, 5.41) is 3.57. The lowest BCUT2D eigenvalue weighted by molar-refractivity contribution is 0.481. The van der Waals surface area contributed by atoms with Crippen LogP contribution in [0.2, 0.25) is 0 Å². The molecule has 3 heteroatoms. The molecule has 1 heterocycles. The quantitative estimate of drug-likeness (QED) is 0.763. The van der Waals surface area contributed by atoms with Crippen LogP contribution in [0, 0.1) is 6.92 Å². The molecule has 17 heavy (non-hydrogen) atoms. The second-order valence-electron chi connectivity index (χ2n) is 4.64.